The average Bonchev–Trinajstić information content (AvgIpc) is 3.19. The van der Waals surface area contributed by atoms with Gasteiger partial charge >= 0.3 is 0 Å². The van der Waals surface area contributed by atoms with Crippen LogP contribution in [0.25, 0.3) is 10.6 Å². The fraction of sp³-hybridized carbons (Fsp3) is 0.214. The molecule has 5 nitrogen and oxygen atoms in total. The van der Waals surface area contributed by atoms with Gasteiger partial charge in [0, 0.05) is 17.5 Å². The molecule has 0 fully saturated rings. The summed E-state index contributed by atoms with van der Waals surface area (Å²) >= 11 is 2.81. The number of aromatic nitrogens is 1. The van der Waals surface area contributed by atoms with Crippen LogP contribution in [0.1, 0.15) is 10.4 Å². The number of nitrogens with zero attached hydrogens (tertiary/aromatic N) is 1. The molecule has 0 saturated carbocycles. The second-order valence-corrected chi connectivity index (χ2v) is 8.75. The molecule has 0 amide bonds. The first-order valence-corrected chi connectivity index (χ1v) is 9.78. The molecular weight excluding hydrogens is 340 g/mol. The fourth-order valence-corrected chi connectivity index (χ4v) is 5.22. The Morgan fingerprint density at radius 3 is 2.82 bits per heavy atom. The molecule has 116 valence electrons. The Labute approximate surface area is 136 Å². The highest BCUT2D eigenvalue weighted by Crippen LogP contribution is 2.30. The first kappa shape index (κ1) is 15.4. The molecule has 0 aliphatic carbocycles. The van der Waals surface area contributed by atoms with E-state index in [4.69, 9.17) is 4.52 Å². The number of nitrogens with one attached hydrogen (secondary N) is 1. The van der Waals surface area contributed by atoms with Crippen LogP contribution in [0.15, 0.2) is 44.6 Å². The van der Waals surface area contributed by atoms with Gasteiger partial charge in [0.05, 0.1) is 11.1 Å². The van der Waals surface area contributed by atoms with E-state index < -0.39 is 10.0 Å². The molecule has 8 heteroatoms. The Morgan fingerprint density at radius 1 is 1.27 bits per heavy atom. The molecule has 0 atom stereocenters. The van der Waals surface area contributed by atoms with Crippen LogP contribution in [0.5, 0.6) is 0 Å². The van der Waals surface area contributed by atoms with Crippen molar-refractivity contribution in [3.05, 3.63) is 46.3 Å². The smallest absolute Gasteiger partial charge is 0.250 e. The SMILES string of the molecule is Cc1ccsc1CCNS(=O)(=O)c1ccc(-c2ccno2)s1. The molecule has 0 spiro atoms. The molecule has 0 aliphatic rings. The molecule has 0 aromatic carbocycles. The molecule has 0 unspecified atom stereocenters. The van der Waals surface area contributed by atoms with Crippen LogP contribution in [0.2, 0.25) is 0 Å². The third-order valence-electron chi connectivity index (χ3n) is 3.14. The second-order valence-electron chi connectivity index (χ2n) is 4.67. The number of hydrogen-bond acceptors (Lipinski definition) is 6. The van der Waals surface area contributed by atoms with Gasteiger partial charge in [-0.15, -0.1) is 22.7 Å². The largest absolute Gasteiger partial charge is 0.355 e. The topological polar surface area (TPSA) is 72.2 Å². The predicted octanol–water partition coefficient (Wildman–Crippen LogP) is 3.29. The zero-order chi connectivity index (χ0) is 15.6. The lowest BCUT2D eigenvalue weighted by molar-refractivity contribution is 0.433. The van der Waals surface area contributed by atoms with Gasteiger partial charge in [-0.05, 0) is 42.5 Å². The summed E-state index contributed by atoms with van der Waals surface area (Å²) in [6.45, 7) is 2.42. The minimum atomic E-state index is -3.49. The van der Waals surface area contributed by atoms with E-state index in [2.05, 4.69) is 9.88 Å². The van der Waals surface area contributed by atoms with E-state index >= 15 is 0 Å². The standard InChI is InChI=1S/C14H14N2O3S3/c1-10-6-9-20-12(10)5-8-16-22(17,18)14-3-2-13(21-14)11-4-7-15-19-11/h2-4,6-7,9,16H,5,8H2,1H3. The summed E-state index contributed by atoms with van der Waals surface area (Å²) in [5.74, 6) is 0.570. The van der Waals surface area contributed by atoms with Crippen LogP contribution in [-0.4, -0.2) is 20.1 Å². The maximum Gasteiger partial charge on any atom is 0.250 e. The highest BCUT2D eigenvalue weighted by molar-refractivity contribution is 7.91. The Bertz CT molecular complexity index is 848. The van der Waals surface area contributed by atoms with E-state index in [9.17, 15) is 8.42 Å². The quantitative estimate of drug-likeness (QED) is 0.737. The van der Waals surface area contributed by atoms with Crippen LogP contribution in [0.3, 0.4) is 0 Å². The van der Waals surface area contributed by atoms with Crippen molar-refractivity contribution in [3.63, 3.8) is 0 Å². The molecular formula is C14H14N2O3S3. The summed E-state index contributed by atoms with van der Waals surface area (Å²) in [7, 11) is -3.49. The summed E-state index contributed by atoms with van der Waals surface area (Å²) in [6.07, 6.45) is 2.23. The van der Waals surface area contributed by atoms with E-state index in [1.54, 1.807) is 29.5 Å². The zero-order valence-electron chi connectivity index (χ0n) is 11.8. The Kier molecular flexibility index (Phi) is 4.44. The molecule has 22 heavy (non-hydrogen) atoms. The maximum atomic E-state index is 12.3. The normalized spacial score (nSPS) is 11.9. The van der Waals surface area contributed by atoms with E-state index in [1.807, 2.05) is 18.4 Å². The number of rotatable bonds is 6. The van der Waals surface area contributed by atoms with Crippen LogP contribution < -0.4 is 4.72 Å². The third kappa shape index (κ3) is 3.30. The van der Waals surface area contributed by atoms with Gasteiger partial charge in [0.15, 0.2) is 5.76 Å². The van der Waals surface area contributed by atoms with Gasteiger partial charge in [0.25, 0.3) is 0 Å². The van der Waals surface area contributed by atoms with Crippen molar-refractivity contribution in [3.8, 4) is 10.6 Å². The summed E-state index contributed by atoms with van der Waals surface area (Å²) in [6, 6.07) is 7.05. The summed E-state index contributed by atoms with van der Waals surface area (Å²) < 4.78 is 32.5. The van der Waals surface area contributed by atoms with Crippen LogP contribution in [-0.2, 0) is 16.4 Å². The summed E-state index contributed by atoms with van der Waals surface area (Å²) in [5, 5.41) is 5.64. The van der Waals surface area contributed by atoms with E-state index in [-0.39, 0.29) is 4.21 Å². The van der Waals surface area contributed by atoms with Crippen molar-refractivity contribution in [2.45, 2.75) is 17.6 Å². The lowest BCUT2D eigenvalue weighted by Crippen LogP contribution is -2.25. The van der Waals surface area contributed by atoms with Crippen molar-refractivity contribution >= 4 is 32.7 Å². The first-order valence-electron chi connectivity index (χ1n) is 6.60. The molecule has 0 radical (unpaired) electrons. The molecule has 0 aliphatic heterocycles. The van der Waals surface area contributed by atoms with E-state index in [1.165, 1.54) is 28.0 Å². The van der Waals surface area contributed by atoms with Gasteiger partial charge < -0.3 is 4.52 Å². The highest BCUT2D eigenvalue weighted by Gasteiger charge is 2.18. The maximum absolute atomic E-state index is 12.3. The van der Waals surface area contributed by atoms with Gasteiger partial charge in [-0.1, -0.05) is 5.16 Å². The van der Waals surface area contributed by atoms with Gasteiger partial charge in [0.1, 0.15) is 4.21 Å². The van der Waals surface area contributed by atoms with Gasteiger partial charge in [-0.25, -0.2) is 13.1 Å². The first-order chi connectivity index (χ1) is 10.6. The fourth-order valence-electron chi connectivity index (χ4n) is 1.97. The van der Waals surface area contributed by atoms with Crippen LogP contribution in [0.4, 0.5) is 0 Å². The van der Waals surface area contributed by atoms with E-state index in [0.717, 1.165) is 4.88 Å². The lowest BCUT2D eigenvalue weighted by Gasteiger charge is -2.04. The third-order valence-corrected chi connectivity index (χ3v) is 7.27. The van der Waals surface area contributed by atoms with Gasteiger partial charge in [0.2, 0.25) is 10.0 Å². The zero-order valence-corrected chi connectivity index (χ0v) is 14.2. The minimum Gasteiger partial charge on any atom is -0.355 e. The number of aryl methyl sites for hydroxylation is 1. The molecule has 3 aromatic heterocycles. The number of thiophene rings is 2. The average molecular weight is 354 g/mol. The van der Waals surface area contributed by atoms with E-state index in [0.29, 0.717) is 18.7 Å². The van der Waals surface area contributed by atoms with Crippen LogP contribution >= 0.6 is 22.7 Å². The molecule has 3 aromatic rings. The summed E-state index contributed by atoms with van der Waals surface area (Å²) in [5.41, 5.74) is 1.20. The van der Waals surface area contributed by atoms with Crippen molar-refractivity contribution in [2.75, 3.05) is 6.54 Å². The van der Waals surface area contributed by atoms with Crippen molar-refractivity contribution < 1.29 is 12.9 Å². The Morgan fingerprint density at radius 2 is 2.14 bits per heavy atom. The Hall–Kier alpha value is -1.48. The number of sulfonamides is 1. The molecule has 0 saturated heterocycles. The van der Waals surface area contributed by atoms with Gasteiger partial charge in [-0.2, -0.15) is 0 Å². The molecule has 3 rings (SSSR count). The molecule has 0 bridgehead atoms. The van der Waals surface area contributed by atoms with Crippen LogP contribution in [0, 0.1) is 6.92 Å². The monoisotopic (exact) mass is 354 g/mol. The van der Waals surface area contributed by atoms with Gasteiger partial charge in [-0.3, -0.25) is 0 Å². The van der Waals surface area contributed by atoms with Crippen molar-refractivity contribution in [1.82, 2.24) is 9.88 Å². The number of hydrogen-bond donors (Lipinski definition) is 1. The highest BCUT2D eigenvalue weighted by atomic mass is 32.2. The molecule has 1 N–H and O–H groups in total. The summed E-state index contributed by atoms with van der Waals surface area (Å²) in [4.78, 5) is 1.95. The van der Waals surface area contributed by atoms with Crippen molar-refractivity contribution in [2.24, 2.45) is 0 Å². The molecule has 3 heterocycles. The second kappa shape index (κ2) is 6.33. The minimum absolute atomic E-state index is 0.279. The lowest BCUT2D eigenvalue weighted by atomic mass is 10.2. The predicted molar refractivity (Wildman–Crippen MR) is 87.8 cm³/mol. The van der Waals surface area contributed by atoms with Crippen molar-refractivity contribution in [1.29, 1.82) is 0 Å². The Balaban J connectivity index is 1.67.